The van der Waals surface area contributed by atoms with Crippen LogP contribution in [0.25, 0.3) is 0 Å². The van der Waals surface area contributed by atoms with Crippen LogP contribution in [0.4, 0.5) is 5.69 Å². The van der Waals surface area contributed by atoms with E-state index in [0.717, 1.165) is 29.8 Å². The van der Waals surface area contributed by atoms with Crippen LogP contribution >= 0.6 is 0 Å². The Morgan fingerprint density at radius 3 is 2.63 bits per heavy atom. The number of aromatic nitrogens is 2. The Hall–Kier alpha value is -1.81. The molecule has 19 heavy (non-hydrogen) atoms. The first-order chi connectivity index (χ1) is 9.15. The van der Waals surface area contributed by atoms with Crippen LogP contribution in [-0.4, -0.2) is 14.9 Å². The highest BCUT2D eigenvalue weighted by Crippen LogP contribution is 2.22. The van der Waals surface area contributed by atoms with E-state index in [1.807, 2.05) is 22.9 Å². The zero-order valence-corrected chi connectivity index (χ0v) is 11.5. The van der Waals surface area contributed by atoms with Gasteiger partial charge < -0.3 is 10.8 Å². The van der Waals surface area contributed by atoms with Crippen LogP contribution in [0, 0.1) is 0 Å². The number of hydrogen-bond acceptors (Lipinski definition) is 3. The van der Waals surface area contributed by atoms with Gasteiger partial charge in [-0.25, -0.2) is 0 Å². The highest BCUT2D eigenvalue weighted by molar-refractivity contribution is 5.47. The summed E-state index contributed by atoms with van der Waals surface area (Å²) in [5, 5.41) is 14.8. The zero-order valence-electron chi connectivity index (χ0n) is 11.5. The molecule has 1 atom stereocenters. The second kappa shape index (κ2) is 5.89. The van der Waals surface area contributed by atoms with E-state index >= 15 is 0 Å². The number of para-hydroxylation sites is 1. The number of benzene rings is 1. The van der Waals surface area contributed by atoms with E-state index in [1.54, 1.807) is 6.07 Å². The molecule has 102 valence electrons. The van der Waals surface area contributed by atoms with Crippen molar-refractivity contribution >= 4 is 5.69 Å². The third-order valence-corrected chi connectivity index (χ3v) is 3.34. The molecule has 2 aromatic rings. The van der Waals surface area contributed by atoms with Gasteiger partial charge in [0.2, 0.25) is 0 Å². The SMILES string of the molecule is CCc1cc(CC)n(CC(O)c2ccccc2N)n1. The maximum Gasteiger partial charge on any atom is 0.101 e. The van der Waals surface area contributed by atoms with E-state index < -0.39 is 6.10 Å². The van der Waals surface area contributed by atoms with Gasteiger partial charge in [0, 0.05) is 16.9 Å². The Bertz CT molecular complexity index is 548. The van der Waals surface area contributed by atoms with Gasteiger partial charge >= 0.3 is 0 Å². The van der Waals surface area contributed by atoms with Gasteiger partial charge in [0.05, 0.1) is 12.2 Å². The molecule has 1 aromatic carbocycles. The summed E-state index contributed by atoms with van der Waals surface area (Å²) in [4.78, 5) is 0. The van der Waals surface area contributed by atoms with Crippen molar-refractivity contribution in [1.82, 2.24) is 9.78 Å². The van der Waals surface area contributed by atoms with Crippen LogP contribution in [0.15, 0.2) is 30.3 Å². The summed E-state index contributed by atoms with van der Waals surface area (Å²) in [5.74, 6) is 0. The number of rotatable bonds is 5. The summed E-state index contributed by atoms with van der Waals surface area (Å²) < 4.78 is 1.88. The normalized spacial score (nSPS) is 12.6. The van der Waals surface area contributed by atoms with Gasteiger partial charge in [-0.3, -0.25) is 4.68 Å². The topological polar surface area (TPSA) is 64.1 Å². The van der Waals surface area contributed by atoms with E-state index in [-0.39, 0.29) is 0 Å². The number of nitrogens with zero attached hydrogens (tertiary/aromatic N) is 2. The van der Waals surface area contributed by atoms with E-state index in [4.69, 9.17) is 5.73 Å². The van der Waals surface area contributed by atoms with Crippen molar-refractivity contribution in [3.8, 4) is 0 Å². The number of aliphatic hydroxyl groups is 1. The first-order valence-corrected chi connectivity index (χ1v) is 6.73. The maximum atomic E-state index is 10.3. The predicted molar refractivity (Wildman–Crippen MR) is 76.8 cm³/mol. The molecule has 0 bridgehead atoms. The summed E-state index contributed by atoms with van der Waals surface area (Å²) in [6.07, 6.45) is 1.18. The van der Waals surface area contributed by atoms with Crippen molar-refractivity contribution in [3.63, 3.8) is 0 Å². The first-order valence-electron chi connectivity index (χ1n) is 6.73. The lowest BCUT2D eigenvalue weighted by Crippen LogP contribution is -2.13. The minimum Gasteiger partial charge on any atom is -0.398 e. The Morgan fingerprint density at radius 2 is 2.00 bits per heavy atom. The molecule has 0 aliphatic heterocycles. The van der Waals surface area contributed by atoms with Gasteiger partial charge in [0.1, 0.15) is 6.10 Å². The molecule has 0 amide bonds. The van der Waals surface area contributed by atoms with Crippen LogP contribution in [0.3, 0.4) is 0 Å². The molecule has 4 heteroatoms. The predicted octanol–water partition coefficient (Wildman–Crippen LogP) is 2.32. The average Bonchev–Trinajstić information content (AvgIpc) is 2.81. The standard InChI is InChI=1S/C15H21N3O/c1-3-11-9-12(4-2)18(17-11)10-15(19)13-7-5-6-8-14(13)16/h5-9,15,19H,3-4,10,16H2,1-2H3. The lowest BCUT2D eigenvalue weighted by molar-refractivity contribution is 0.151. The fraction of sp³-hybridized carbons (Fsp3) is 0.400. The van der Waals surface area contributed by atoms with Crippen molar-refractivity contribution < 1.29 is 5.11 Å². The minimum absolute atomic E-state index is 0.442. The maximum absolute atomic E-state index is 10.3. The van der Waals surface area contributed by atoms with Crippen LogP contribution in [0.2, 0.25) is 0 Å². The molecule has 4 nitrogen and oxygen atoms in total. The highest BCUT2D eigenvalue weighted by atomic mass is 16.3. The molecule has 0 saturated carbocycles. The lowest BCUT2D eigenvalue weighted by Gasteiger charge is -2.15. The van der Waals surface area contributed by atoms with Gasteiger partial charge in [-0.2, -0.15) is 5.10 Å². The van der Waals surface area contributed by atoms with Crippen LogP contribution < -0.4 is 5.73 Å². The summed E-state index contributed by atoms with van der Waals surface area (Å²) >= 11 is 0. The summed E-state index contributed by atoms with van der Waals surface area (Å²) in [5.41, 5.74) is 9.47. The van der Waals surface area contributed by atoms with Gasteiger partial charge in [-0.15, -0.1) is 0 Å². The average molecular weight is 259 g/mol. The molecule has 1 unspecified atom stereocenters. The van der Waals surface area contributed by atoms with Crippen molar-refractivity contribution in [2.75, 3.05) is 5.73 Å². The third-order valence-electron chi connectivity index (χ3n) is 3.34. The molecule has 2 rings (SSSR count). The number of hydrogen-bond donors (Lipinski definition) is 2. The summed E-state index contributed by atoms with van der Waals surface area (Å²) in [6.45, 7) is 4.62. The van der Waals surface area contributed by atoms with E-state index in [1.165, 1.54) is 0 Å². The summed E-state index contributed by atoms with van der Waals surface area (Å²) in [7, 11) is 0. The summed E-state index contributed by atoms with van der Waals surface area (Å²) in [6, 6.07) is 9.51. The number of aliphatic hydroxyl groups excluding tert-OH is 1. The fourth-order valence-electron chi connectivity index (χ4n) is 2.21. The van der Waals surface area contributed by atoms with E-state index in [2.05, 4.69) is 25.0 Å². The van der Waals surface area contributed by atoms with Crippen molar-refractivity contribution in [3.05, 3.63) is 47.3 Å². The van der Waals surface area contributed by atoms with Crippen molar-refractivity contribution in [1.29, 1.82) is 0 Å². The van der Waals surface area contributed by atoms with Crippen molar-refractivity contribution in [2.45, 2.75) is 39.3 Å². The molecule has 3 N–H and O–H groups in total. The van der Waals surface area contributed by atoms with Crippen LogP contribution in [0.5, 0.6) is 0 Å². The number of anilines is 1. The van der Waals surface area contributed by atoms with Gasteiger partial charge in [-0.05, 0) is 25.0 Å². The molecule has 0 aliphatic rings. The Labute approximate surface area is 113 Å². The van der Waals surface area contributed by atoms with E-state index in [0.29, 0.717) is 12.2 Å². The smallest absolute Gasteiger partial charge is 0.101 e. The molecule has 0 saturated heterocycles. The van der Waals surface area contributed by atoms with Gasteiger partial charge in [0.25, 0.3) is 0 Å². The van der Waals surface area contributed by atoms with Crippen molar-refractivity contribution in [2.24, 2.45) is 0 Å². The van der Waals surface area contributed by atoms with Gasteiger partial charge in [0.15, 0.2) is 0 Å². The van der Waals surface area contributed by atoms with Crippen LogP contribution in [0.1, 0.15) is 36.9 Å². The van der Waals surface area contributed by atoms with Crippen LogP contribution in [-0.2, 0) is 19.4 Å². The lowest BCUT2D eigenvalue weighted by atomic mass is 10.1. The highest BCUT2D eigenvalue weighted by Gasteiger charge is 2.14. The largest absolute Gasteiger partial charge is 0.398 e. The quantitative estimate of drug-likeness (QED) is 0.810. The second-order valence-corrected chi connectivity index (χ2v) is 4.66. The molecule has 1 aromatic heterocycles. The number of aryl methyl sites for hydroxylation is 2. The third kappa shape index (κ3) is 2.96. The minimum atomic E-state index is -0.629. The molecule has 0 radical (unpaired) electrons. The number of nitrogen functional groups attached to an aromatic ring is 1. The van der Waals surface area contributed by atoms with Gasteiger partial charge in [-0.1, -0.05) is 32.0 Å². The Morgan fingerprint density at radius 1 is 1.26 bits per heavy atom. The van der Waals surface area contributed by atoms with E-state index in [9.17, 15) is 5.11 Å². The molecule has 0 aliphatic carbocycles. The molecule has 1 heterocycles. The molecular formula is C15H21N3O. The molecule has 0 spiro atoms. The monoisotopic (exact) mass is 259 g/mol. The Kier molecular flexibility index (Phi) is 4.22. The first kappa shape index (κ1) is 13.6. The fourth-order valence-corrected chi connectivity index (χ4v) is 2.21. The number of nitrogens with two attached hydrogens (primary N) is 1. The second-order valence-electron chi connectivity index (χ2n) is 4.66. The molecular weight excluding hydrogens is 238 g/mol. The molecule has 0 fully saturated rings. The Balaban J connectivity index is 2.21. The zero-order chi connectivity index (χ0) is 13.8.